The molecular weight excluding hydrogens is 228 g/mol. The molecule has 1 aliphatic carbocycles. The van der Waals surface area contributed by atoms with Crippen LogP contribution < -0.4 is 0 Å². The molecule has 2 aromatic rings. The Bertz CT molecular complexity index is 528. The molecule has 0 unspecified atom stereocenters. The van der Waals surface area contributed by atoms with Crippen molar-refractivity contribution in [3.05, 3.63) is 71.8 Å². The van der Waals surface area contributed by atoms with Gasteiger partial charge in [0.05, 0.1) is 0 Å². The summed E-state index contributed by atoms with van der Waals surface area (Å²) in [5.41, 5.74) is 3.56. The van der Waals surface area contributed by atoms with Crippen LogP contribution in [0.3, 0.4) is 0 Å². The van der Waals surface area contributed by atoms with E-state index in [-0.39, 0.29) is 16.2 Å². The number of benzene rings is 2. The summed E-state index contributed by atoms with van der Waals surface area (Å²) in [7, 11) is 0. The van der Waals surface area contributed by atoms with Crippen LogP contribution in [0.15, 0.2) is 60.7 Å². The van der Waals surface area contributed by atoms with Gasteiger partial charge in [-0.3, -0.25) is 0 Å². The smallest absolute Gasteiger partial charge is 0.00841 e. The monoisotopic (exact) mass is 250 g/mol. The van der Waals surface area contributed by atoms with E-state index in [0.29, 0.717) is 0 Å². The van der Waals surface area contributed by atoms with Gasteiger partial charge in [-0.1, -0.05) is 88.4 Å². The van der Waals surface area contributed by atoms with Gasteiger partial charge in [0.1, 0.15) is 0 Å². The van der Waals surface area contributed by atoms with Gasteiger partial charge in [-0.2, -0.15) is 0 Å². The Labute approximate surface area is 116 Å². The second kappa shape index (κ2) is 3.72. The Balaban J connectivity index is 2.15. The van der Waals surface area contributed by atoms with Gasteiger partial charge in [0.25, 0.3) is 0 Å². The van der Waals surface area contributed by atoms with Crippen molar-refractivity contribution in [1.82, 2.24) is 0 Å². The van der Waals surface area contributed by atoms with Crippen molar-refractivity contribution in [3.8, 4) is 0 Å². The van der Waals surface area contributed by atoms with Crippen LogP contribution >= 0.6 is 0 Å². The Kier molecular flexibility index (Phi) is 2.44. The molecule has 0 aromatic heterocycles. The van der Waals surface area contributed by atoms with Crippen LogP contribution in [0.1, 0.15) is 38.8 Å². The van der Waals surface area contributed by atoms with Gasteiger partial charge in [-0.05, 0) is 16.5 Å². The molecule has 1 saturated carbocycles. The van der Waals surface area contributed by atoms with Gasteiger partial charge in [0.2, 0.25) is 0 Å². The van der Waals surface area contributed by atoms with Crippen molar-refractivity contribution in [2.75, 3.05) is 0 Å². The quantitative estimate of drug-likeness (QED) is 0.708. The van der Waals surface area contributed by atoms with Crippen molar-refractivity contribution in [3.63, 3.8) is 0 Å². The van der Waals surface area contributed by atoms with Gasteiger partial charge in [0.15, 0.2) is 0 Å². The first-order valence-corrected chi connectivity index (χ1v) is 7.07. The van der Waals surface area contributed by atoms with E-state index in [2.05, 4.69) is 88.4 Å². The summed E-state index contributed by atoms with van der Waals surface area (Å²) < 4.78 is 0. The van der Waals surface area contributed by atoms with Crippen LogP contribution in [-0.4, -0.2) is 0 Å². The molecule has 2 aromatic carbocycles. The van der Waals surface area contributed by atoms with Crippen LogP contribution in [0.4, 0.5) is 0 Å². The molecule has 0 spiro atoms. The van der Waals surface area contributed by atoms with E-state index in [0.717, 1.165) is 0 Å². The van der Waals surface area contributed by atoms with E-state index in [1.807, 2.05) is 0 Å². The number of rotatable bonds is 2. The fourth-order valence-corrected chi connectivity index (χ4v) is 4.19. The molecule has 0 nitrogen and oxygen atoms in total. The maximum Gasteiger partial charge on any atom is 0.00841 e. The van der Waals surface area contributed by atoms with Crippen LogP contribution in [0.5, 0.6) is 0 Å². The summed E-state index contributed by atoms with van der Waals surface area (Å²) in [5.74, 6) is 0. The van der Waals surface area contributed by atoms with E-state index in [4.69, 9.17) is 0 Å². The molecule has 0 aliphatic heterocycles. The normalized spacial score (nSPS) is 32.0. The summed E-state index contributed by atoms with van der Waals surface area (Å²) in [6.07, 6.45) is 0. The highest BCUT2D eigenvalue weighted by Crippen LogP contribution is 2.78. The zero-order valence-electron chi connectivity index (χ0n) is 12.3. The zero-order valence-corrected chi connectivity index (χ0v) is 12.3. The first kappa shape index (κ1) is 12.5. The van der Waals surface area contributed by atoms with E-state index < -0.39 is 0 Å². The molecule has 0 heteroatoms. The largest absolute Gasteiger partial charge is 0.0622 e. The number of hydrogen-bond acceptors (Lipinski definition) is 0. The summed E-state index contributed by atoms with van der Waals surface area (Å²) in [4.78, 5) is 0. The summed E-state index contributed by atoms with van der Waals surface area (Å²) in [6.45, 7) is 9.62. The molecule has 0 bridgehead atoms. The summed E-state index contributed by atoms with van der Waals surface area (Å²) in [5, 5.41) is 0. The summed E-state index contributed by atoms with van der Waals surface area (Å²) >= 11 is 0. The first-order chi connectivity index (χ1) is 8.96. The highest BCUT2D eigenvalue weighted by Gasteiger charge is 2.77. The predicted octanol–water partition coefficient (Wildman–Crippen LogP) is 4.94. The van der Waals surface area contributed by atoms with Crippen molar-refractivity contribution in [1.29, 1.82) is 0 Å². The van der Waals surface area contributed by atoms with E-state index in [9.17, 15) is 0 Å². The minimum absolute atomic E-state index is 0.197. The molecule has 0 heterocycles. The summed E-state index contributed by atoms with van der Waals surface area (Å²) in [6, 6.07) is 21.9. The van der Waals surface area contributed by atoms with Crippen LogP contribution in [0.25, 0.3) is 0 Å². The maximum atomic E-state index is 2.41. The van der Waals surface area contributed by atoms with Crippen LogP contribution in [0, 0.1) is 5.41 Å². The second-order valence-electron chi connectivity index (χ2n) is 6.61. The molecule has 1 aliphatic rings. The lowest BCUT2D eigenvalue weighted by Gasteiger charge is -2.19. The van der Waals surface area contributed by atoms with E-state index >= 15 is 0 Å². The molecular formula is C19H22. The van der Waals surface area contributed by atoms with Crippen LogP contribution in [0.2, 0.25) is 0 Å². The van der Waals surface area contributed by atoms with Gasteiger partial charge in [-0.25, -0.2) is 0 Å². The molecule has 0 amide bonds. The fourth-order valence-electron chi connectivity index (χ4n) is 4.19. The standard InChI is InChI=1S/C19H22/c1-17(2)18(3,15-11-7-5-8-12-15)19(17,4)16-13-9-6-10-14-16/h5-14H,1-4H3/t18-,19+. The highest BCUT2D eigenvalue weighted by atomic mass is 14.8. The Morgan fingerprint density at radius 1 is 0.526 bits per heavy atom. The van der Waals surface area contributed by atoms with Crippen LogP contribution in [-0.2, 0) is 10.8 Å². The molecule has 2 atom stereocenters. The molecule has 0 saturated heterocycles. The molecule has 3 rings (SSSR count). The van der Waals surface area contributed by atoms with Crippen molar-refractivity contribution in [2.24, 2.45) is 5.41 Å². The maximum absolute atomic E-state index is 2.41. The topological polar surface area (TPSA) is 0 Å². The lowest BCUT2D eigenvalue weighted by atomic mass is 9.84. The van der Waals surface area contributed by atoms with Crippen molar-refractivity contribution >= 4 is 0 Å². The highest BCUT2D eigenvalue weighted by molar-refractivity contribution is 5.54. The van der Waals surface area contributed by atoms with Gasteiger partial charge in [-0.15, -0.1) is 0 Å². The predicted molar refractivity (Wildman–Crippen MR) is 81.4 cm³/mol. The Morgan fingerprint density at radius 3 is 1.16 bits per heavy atom. The molecule has 19 heavy (non-hydrogen) atoms. The lowest BCUT2D eigenvalue weighted by Crippen LogP contribution is -2.15. The first-order valence-electron chi connectivity index (χ1n) is 7.07. The van der Waals surface area contributed by atoms with Crippen molar-refractivity contribution < 1.29 is 0 Å². The number of hydrogen-bond donors (Lipinski definition) is 0. The lowest BCUT2D eigenvalue weighted by molar-refractivity contribution is 0.508. The zero-order chi connectivity index (χ0) is 13.7. The minimum Gasteiger partial charge on any atom is -0.0622 e. The molecule has 98 valence electrons. The molecule has 0 radical (unpaired) electrons. The minimum atomic E-state index is 0.197. The van der Waals surface area contributed by atoms with Gasteiger partial charge in [0, 0.05) is 10.8 Å². The van der Waals surface area contributed by atoms with E-state index in [1.54, 1.807) is 0 Å². The average Bonchev–Trinajstić information content (AvgIpc) is 2.82. The average molecular weight is 250 g/mol. The van der Waals surface area contributed by atoms with Crippen molar-refractivity contribution in [2.45, 2.75) is 38.5 Å². The fraction of sp³-hybridized carbons (Fsp3) is 0.368. The van der Waals surface area contributed by atoms with Gasteiger partial charge < -0.3 is 0 Å². The third-order valence-corrected chi connectivity index (χ3v) is 6.14. The Hall–Kier alpha value is -1.56. The molecule has 0 N–H and O–H groups in total. The third kappa shape index (κ3) is 1.30. The molecule has 1 fully saturated rings. The second-order valence-corrected chi connectivity index (χ2v) is 6.61. The Morgan fingerprint density at radius 2 is 0.842 bits per heavy atom. The van der Waals surface area contributed by atoms with E-state index in [1.165, 1.54) is 11.1 Å². The SMILES string of the molecule is CC1(C)[C@](C)(c2ccccc2)[C@]1(C)c1ccccc1. The van der Waals surface area contributed by atoms with Gasteiger partial charge >= 0.3 is 0 Å². The third-order valence-electron chi connectivity index (χ3n) is 6.14.